The SMILES string of the molecule is C[C@H](C(=O)N(C)[C@@H](C)c1ccc(-n2cncn2)cc1)n1cccc1. The number of amides is 1. The van der Waals surface area contributed by atoms with Crippen LogP contribution in [0.5, 0.6) is 0 Å². The third-order valence-electron chi connectivity index (χ3n) is 4.42. The van der Waals surface area contributed by atoms with E-state index in [1.165, 1.54) is 6.33 Å². The zero-order valence-corrected chi connectivity index (χ0v) is 14.1. The Hall–Kier alpha value is -2.89. The Morgan fingerprint density at radius 1 is 1.12 bits per heavy atom. The molecule has 2 heterocycles. The maximum atomic E-state index is 12.7. The van der Waals surface area contributed by atoms with Gasteiger partial charge in [-0.3, -0.25) is 4.79 Å². The van der Waals surface area contributed by atoms with Crippen molar-refractivity contribution < 1.29 is 4.79 Å². The summed E-state index contributed by atoms with van der Waals surface area (Å²) < 4.78 is 3.62. The van der Waals surface area contributed by atoms with Crippen molar-refractivity contribution in [2.75, 3.05) is 7.05 Å². The average Bonchev–Trinajstić information content (AvgIpc) is 3.32. The summed E-state index contributed by atoms with van der Waals surface area (Å²) in [6, 6.07) is 11.6. The molecule has 0 radical (unpaired) electrons. The predicted octanol–water partition coefficient (Wildman–Crippen LogP) is 2.85. The fraction of sp³-hybridized carbons (Fsp3) is 0.278. The van der Waals surface area contributed by atoms with E-state index >= 15 is 0 Å². The first-order valence-electron chi connectivity index (χ1n) is 7.92. The van der Waals surface area contributed by atoms with E-state index in [9.17, 15) is 4.79 Å². The number of carbonyl (C=O) groups excluding carboxylic acids is 1. The number of rotatable bonds is 5. The van der Waals surface area contributed by atoms with Crippen LogP contribution in [-0.4, -0.2) is 37.2 Å². The summed E-state index contributed by atoms with van der Waals surface area (Å²) in [6.07, 6.45) is 6.99. The van der Waals surface area contributed by atoms with Gasteiger partial charge in [0.2, 0.25) is 5.91 Å². The molecule has 0 aliphatic heterocycles. The molecule has 0 aliphatic carbocycles. The van der Waals surface area contributed by atoms with Crippen LogP contribution in [0.25, 0.3) is 5.69 Å². The lowest BCUT2D eigenvalue weighted by Crippen LogP contribution is -2.34. The van der Waals surface area contributed by atoms with Crippen molar-refractivity contribution in [3.05, 3.63) is 67.0 Å². The molecule has 1 amide bonds. The van der Waals surface area contributed by atoms with Crippen molar-refractivity contribution in [2.24, 2.45) is 0 Å². The van der Waals surface area contributed by atoms with Crippen LogP contribution in [0.3, 0.4) is 0 Å². The minimum Gasteiger partial charge on any atom is -0.342 e. The van der Waals surface area contributed by atoms with E-state index < -0.39 is 0 Å². The molecule has 124 valence electrons. The molecular weight excluding hydrogens is 302 g/mol. The maximum absolute atomic E-state index is 12.7. The highest BCUT2D eigenvalue weighted by atomic mass is 16.2. The number of likely N-dealkylation sites (N-methyl/N-ethyl adjacent to an activating group) is 1. The number of aromatic nitrogens is 4. The summed E-state index contributed by atoms with van der Waals surface area (Å²) in [6.45, 7) is 3.95. The van der Waals surface area contributed by atoms with Gasteiger partial charge < -0.3 is 9.47 Å². The van der Waals surface area contributed by atoms with Crippen molar-refractivity contribution in [3.63, 3.8) is 0 Å². The molecule has 0 spiro atoms. The lowest BCUT2D eigenvalue weighted by molar-refractivity contribution is -0.134. The number of nitrogens with zero attached hydrogens (tertiary/aromatic N) is 5. The predicted molar refractivity (Wildman–Crippen MR) is 91.7 cm³/mol. The van der Waals surface area contributed by atoms with Gasteiger partial charge in [0.15, 0.2) is 0 Å². The molecule has 0 bridgehead atoms. The van der Waals surface area contributed by atoms with Crippen molar-refractivity contribution in [2.45, 2.75) is 25.9 Å². The van der Waals surface area contributed by atoms with Gasteiger partial charge in [-0.2, -0.15) is 5.10 Å². The number of benzene rings is 1. The van der Waals surface area contributed by atoms with Crippen LogP contribution in [0.2, 0.25) is 0 Å². The largest absolute Gasteiger partial charge is 0.342 e. The van der Waals surface area contributed by atoms with Crippen LogP contribution < -0.4 is 0 Å². The first-order chi connectivity index (χ1) is 11.6. The highest BCUT2D eigenvalue weighted by Gasteiger charge is 2.23. The van der Waals surface area contributed by atoms with E-state index in [-0.39, 0.29) is 18.0 Å². The standard InChI is InChI=1S/C18H21N5O/c1-14(21(3)18(24)15(2)22-10-4-5-11-22)16-6-8-17(9-7-16)23-13-19-12-20-23/h4-15H,1-3H3/t14-,15+/m0/s1. The van der Waals surface area contributed by atoms with E-state index in [0.717, 1.165) is 11.3 Å². The van der Waals surface area contributed by atoms with Crippen molar-refractivity contribution in [1.82, 2.24) is 24.2 Å². The Bertz CT molecular complexity index is 777. The van der Waals surface area contributed by atoms with Crippen LogP contribution >= 0.6 is 0 Å². The number of hydrogen-bond acceptors (Lipinski definition) is 3. The van der Waals surface area contributed by atoms with Gasteiger partial charge in [-0.15, -0.1) is 0 Å². The molecule has 0 fully saturated rings. The van der Waals surface area contributed by atoms with Crippen molar-refractivity contribution in [3.8, 4) is 5.69 Å². The fourth-order valence-electron chi connectivity index (χ4n) is 2.69. The number of carbonyl (C=O) groups is 1. The van der Waals surface area contributed by atoms with Gasteiger partial charge in [0, 0.05) is 19.4 Å². The van der Waals surface area contributed by atoms with Crippen LogP contribution in [0.4, 0.5) is 0 Å². The van der Waals surface area contributed by atoms with Gasteiger partial charge >= 0.3 is 0 Å². The summed E-state index contributed by atoms with van der Waals surface area (Å²) >= 11 is 0. The smallest absolute Gasteiger partial charge is 0.245 e. The molecule has 0 N–H and O–H groups in total. The summed E-state index contributed by atoms with van der Waals surface area (Å²) in [5.41, 5.74) is 2.02. The van der Waals surface area contributed by atoms with Gasteiger partial charge in [-0.05, 0) is 43.7 Å². The minimum absolute atomic E-state index is 0.0136. The van der Waals surface area contributed by atoms with E-state index in [1.54, 1.807) is 15.9 Å². The lowest BCUT2D eigenvalue weighted by atomic mass is 10.1. The molecule has 1 aromatic carbocycles. The average molecular weight is 323 g/mol. The minimum atomic E-state index is -0.220. The van der Waals surface area contributed by atoms with Crippen LogP contribution in [0.15, 0.2) is 61.4 Å². The van der Waals surface area contributed by atoms with Crippen molar-refractivity contribution in [1.29, 1.82) is 0 Å². The first-order valence-corrected chi connectivity index (χ1v) is 7.92. The monoisotopic (exact) mass is 323 g/mol. The van der Waals surface area contributed by atoms with Crippen molar-refractivity contribution >= 4 is 5.91 Å². The second-order valence-electron chi connectivity index (χ2n) is 5.86. The van der Waals surface area contributed by atoms with E-state index in [0.29, 0.717) is 0 Å². The Kier molecular flexibility index (Phi) is 4.46. The van der Waals surface area contributed by atoms with Crippen LogP contribution in [0, 0.1) is 0 Å². The van der Waals surface area contributed by atoms with E-state index in [1.807, 2.05) is 74.3 Å². The molecule has 2 atom stereocenters. The van der Waals surface area contributed by atoms with Crippen LogP contribution in [0.1, 0.15) is 31.5 Å². The van der Waals surface area contributed by atoms with Gasteiger partial charge in [0.25, 0.3) is 0 Å². The molecule has 0 saturated heterocycles. The zero-order valence-electron chi connectivity index (χ0n) is 14.1. The molecule has 0 saturated carbocycles. The maximum Gasteiger partial charge on any atom is 0.245 e. The highest BCUT2D eigenvalue weighted by molar-refractivity contribution is 5.80. The summed E-state index contributed by atoms with van der Waals surface area (Å²) in [5.74, 6) is 0.0825. The summed E-state index contributed by atoms with van der Waals surface area (Å²) in [7, 11) is 1.85. The molecule has 2 aromatic heterocycles. The molecule has 0 unspecified atom stereocenters. The lowest BCUT2D eigenvalue weighted by Gasteiger charge is -2.28. The number of hydrogen-bond donors (Lipinski definition) is 0. The normalized spacial score (nSPS) is 13.5. The van der Waals surface area contributed by atoms with Gasteiger partial charge in [-0.1, -0.05) is 12.1 Å². The quantitative estimate of drug-likeness (QED) is 0.725. The Labute approximate surface area is 141 Å². The molecule has 24 heavy (non-hydrogen) atoms. The third kappa shape index (κ3) is 3.08. The molecule has 6 nitrogen and oxygen atoms in total. The highest BCUT2D eigenvalue weighted by Crippen LogP contribution is 2.23. The molecule has 6 heteroatoms. The zero-order chi connectivity index (χ0) is 17.1. The van der Waals surface area contributed by atoms with Crippen LogP contribution in [-0.2, 0) is 4.79 Å². The molecule has 0 aliphatic rings. The fourth-order valence-corrected chi connectivity index (χ4v) is 2.69. The Morgan fingerprint density at radius 3 is 2.38 bits per heavy atom. The summed E-state index contributed by atoms with van der Waals surface area (Å²) in [4.78, 5) is 18.4. The summed E-state index contributed by atoms with van der Waals surface area (Å²) in [5, 5.41) is 4.11. The van der Waals surface area contributed by atoms with Gasteiger partial charge in [0.05, 0.1) is 11.7 Å². The van der Waals surface area contributed by atoms with Gasteiger partial charge in [-0.25, -0.2) is 9.67 Å². The topological polar surface area (TPSA) is 56.0 Å². The Morgan fingerprint density at radius 2 is 1.79 bits per heavy atom. The second kappa shape index (κ2) is 6.70. The Balaban J connectivity index is 1.73. The third-order valence-corrected chi connectivity index (χ3v) is 4.42. The first kappa shape index (κ1) is 16.0. The molecule has 3 aromatic rings. The van der Waals surface area contributed by atoms with E-state index in [2.05, 4.69) is 10.1 Å². The molecular formula is C18H21N5O. The van der Waals surface area contributed by atoms with E-state index in [4.69, 9.17) is 0 Å². The molecule has 3 rings (SSSR count). The second-order valence-corrected chi connectivity index (χ2v) is 5.86. The van der Waals surface area contributed by atoms with Gasteiger partial charge in [0.1, 0.15) is 18.7 Å².